The fraction of sp³-hybridized carbons (Fsp3) is 0.0625. The van der Waals surface area contributed by atoms with Crippen molar-refractivity contribution in [3.05, 3.63) is 59.8 Å². The predicted octanol–water partition coefficient (Wildman–Crippen LogP) is 3.73. The van der Waals surface area contributed by atoms with E-state index in [9.17, 15) is 4.79 Å². The minimum Gasteiger partial charge on any atom is -0.399 e. The van der Waals surface area contributed by atoms with Crippen molar-refractivity contribution in [2.75, 3.05) is 11.1 Å². The van der Waals surface area contributed by atoms with E-state index in [-0.39, 0.29) is 18.3 Å². The van der Waals surface area contributed by atoms with Gasteiger partial charge in [0.2, 0.25) is 0 Å². The maximum atomic E-state index is 12.3. The Bertz CT molecular complexity index is 795. The highest BCUT2D eigenvalue weighted by molar-refractivity contribution is 6.13. The number of fused-ring (bicyclic) bond motifs is 1. The summed E-state index contributed by atoms with van der Waals surface area (Å²) < 4.78 is 0. The molecule has 1 amide bonds. The highest BCUT2D eigenvalue weighted by atomic mass is 35.5. The first-order valence-electron chi connectivity index (χ1n) is 6.38. The lowest BCUT2D eigenvalue weighted by molar-refractivity contribution is 0.102. The largest absolute Gasteiger partial charge is 0.399 e. The maximum Gasteiger partial charge on any atom is 0.257 e. The van der Waals surface area contributed by atoms with E-state index in [0.717, 1.165) is 22.2 Å². The summed E-state index contributed by atoms with van der Waals surface area (Å²) in [6.45, 7) is 1.99. The van der Waals surface area contributed by atoms with Crippen molar-refractivity contribution in [2.24, 2.45) is 0 Å². The van der Waals surface area contributed by atoms with Crippen molar-refractivity contribution in [2.45, 2.75) is 6.92 Å². The Morgan fingerprint density at radius 2 is 2.00 bits per heavy atom. The van der Waals surface area contributed by atoms with Crippen LogP contribution >= 0.6 is 12.4 Å². The van der Waals surface area contributed by atoms with Gasteiger partial charge in [-0.2, -0.15) is 0 Å². The summed E-state index contributed by atoms with van der Waals surface area (Å²) in [5, 5.41) is 3.73. The second-order valence-corrected chi connectivity index (χ2v) is 4.83. The number of nitrogen functional groups attached to an aromatic ring is 1. The van der Waals surface area contributed by atoms with Crippen molar-refractivity contribution in [3.63, 3.8) is 0 Å². The Balaban J connectivity index is 0.00000161. The third-order valence-corrected chi connectivity index (χ3v) is 3.23. The topological polar surface area (TPSA) is 70.9 Å². The normalized spacial score (nSPS) is 10.1. The van der Waals surface area contributed by atoms with Crippen LogP contribution in [0.1, 0.15) is 15.9 Å². The molecule has 0 aliphatic rings. The number of aromatic amines is 1. The fourth-order valence-corrected chi connectivity index (χ4v) is 2.25. The van der Waals surface area contributed by atoms with Crippen molar-refractivity contribution in [3.8, 4) is 0 Å². The predicted molar refractivity (Wildman–Crippen MR) is 89.1 cm³/mol. The van der Waals surface area contributed by atoms with E-state index in [1.165, 1.54) is 0 Å². The summed E-state index contributed by atoms with van der Waals surface area (Å²) in [4.78, 5) is 15.4. The van der Waals surface area contributed by atoms with Gasteiger partial charge in [0.1, 0.15) is 0 Å². The zero-order valence-corrected chi connectivity index (χ0v) is 12.3. The number of amides is 1. The first-order chi connectivity index (χ1) is 9.63. The molecule has 21 heavy (non-hydrogen) atoms. The number of anilines is 2. The third-order valence-electron chi connectivity index (χ3n) is 3.23. The Morgan fingerprint density at radius 1 is 1.19 bits per heavy atom. The lowest BCUT2D eigenvalue weighted by atomic mass is 10.1. The second-order valence-electron chi connectivity index (χ2n) is 4.83. The molecule has 0 spiro atoms. The average Bonchev–Trinajstić information content (AvgIpc) is 2.81. The number of nitrogens with one attached hydrogen (secondary N) is 2. The van der Waals surface area contributed by atoms with Crippen LogP contribution in [-0.2, 0) is 0 Å². The van der Waals surface area contributed by atoms with Gasteiger partial charge in [-0.1, -0.05) is 12.1 Å². The summed E-state index contributed by atoms with van der Waals surface area (Å²) >= 11 is 0. The standard InChI is InChI=1S/C16H15N3O.ClH/c1-10-3-2-4-12(7-10)19-16(20)14-9-18-15-6-5-11(17)8-13(14)15;/h2-9,18H,17H2,1H3,(H,19,20);1H. The Hall–Kier alpha value is -2.46. The molecule has 0 atom stereocenters. The van der Waals surface area contributed by atoms with Crippen molar-refractivity contribution >= 4 is 40.6 Å². The summed E-state index contributed by atoms with van der Waals surface area (Å²) in [6, 6.07) is 13.2. The van der Waals surface area contributed by atoms with Crippen LogP contribution < -0.4 is 11.1 Å². The quantitative estimate of drug-likeness (QED) is 0.631. The first kappa shape index (κ1) is 14.9. The van der Waals surface area contributed by atoms with Gasteiger partial charge in [-0.15, -0.1) is 12.4 Å². The summed E-state index contributed by atoms with van der Waals surface area (Å²) in [7, 11) is 0. The smallest absolute Gasteiger partial charge is 0.257 e. The molecule has 3 rings (SSSR count). The van der Waals surface area contributed by atoms with Crippen LogP contribution in [0.15, 0.2) is 48.7 Å². The number of aryl methyl sites for hydroxylation is 1. The van der Waals surface area contributed by atoms with Crippen LogP contribution in [0, 0.1) is 6.92 Å². The van der Waals surface area contributed by atoms with Gasteiger partial charge in [-0.05, 0) is 42.8 Å². The molecule has 0 aliphatic heterocycles. The van der Waals surface area contributed by atoms with Crippen molar-refractivity contribution in [1.82, 2.24) is 4.98 Å². The van der Waals surface area contributed by atoms with Gasteiger partial charge in [0.25, 0.3) is 5.91 Å². The molecule has 4 N–H and O–H groups in total. The Kier molecular flexibility index (Phi) is 4.19. The van der Waals surface area contributed by atoms with Crippen molar-refractivity contribution < 1.29 is 4.79 Å². The highest BCUT2D eigenvalue weighted by Crippen LogP contribution is 2.22. The molecule has 108 valence electrons. The van der Waals surface area contributed by atoms with Gasteiger partial charge in [0, 0.05) is 28.5 Å². The third kappa shape index (κ3) is 3.01. The molecule has 0 unspecified atom stereocenters. The van der Waals surface area contributed by atoms with Crippen LogP contribution in [0.5, 0.6) is 0 Å². The fourth-order valence-electron chi connectivity index (χ4n) is 2.25. The zero-order chi connectivity index (χ0) is 14.1. The molecule has 2 aromatic carbocycles. The molecule has 4 nitrogen and oxygen atoms in total. The van der Waals surface area contributed by atoms with E-state index < -0.39 is 0 Å². The van der Waals surface area contributed by atoms with Crippen LogP contribution in [0.25, 0.3) is 10.9 Å². The molecule has 1 heterocycles. The number of benzene rings is 2. The van der Waals surface area contributed by atoms with E-state index in [4.69, 9.17) is 5.73 Å². The second kappa shape index (κ2) is 5.89. The number of H-pyrrole nitrogens is 1. The summed E-state index contributed by atoms with van der Waals surface area (Å²) in [5.74, 6) is -0.146. The number of carbonyl (C=O) groups excluding carboxylic acids is 1. The average molecular weight is 302 g/mol. The number of halogens is 1. The number of hydrogen-bond donors (Lipinski definition) is 3. The first-order valence-corrected chi connectivity index (χ1v) is 6.38. The van der Waals surface area contributed by atoms with Crippen LogP contribution in [-0.4, -0.2) is 10.9 Å². The van der Waals surface area contributed by atoms with E-state index in [0.29, 0.717) is 11.3 Å². The molecule has 0 bridgehead atoms. The van der Waals surface area contributed by atoms with E-state index in [2.05, 4.69) is 10.3 Å². The van der Waals surface area contributed by atoms with E-state index in [1.807, 2.05) is 37.3 Å². The molecule has 0 aliphatic carbocycles. The molecule has 5 heteroatoms. The van der Waals surface area contributed by atoms with Crippen LogP contribution in [0.4, 0.5) is 11.4 Å². The minimum atomic E-state index is -0.146. The van der Waals surface area contributed by atoms with Crippen molar-refractivity contribution in [1.29, 1.82) is 0 Å². The number of hydrogen-bond acceptors (Lipinski definition) is 2. The molecule has 1 aromatic heterocycles. The molecule has 0 saturated carbocycles. The van der Waals surface area contributed by atoms with Crippen LogP contribution in [0.3, 0.4) is 0 Å². The van der Waals surface area contributed by atoms with Gasteiger partial charge in [-0.25, -0.2) is 0 Å². The van der Waals surface area contributed by atoms with Gasteiger partial charge < -0.3 is 16.0 Å². The summed E-state index contributed by atoms with van der Waals surface area (Å²) in [6.07, 6.45) is 1.70. The number of nitrogens with two attached hydrogens (primary N) is 1. The van der Waals surface area contributed by atoms with Gasteiger partial charge >= 0.3 is 0 Å². The lowest BCUT2D eigenvalue weighted by Gasteiger charge is -2.05. The van der Waals surface area contributed by atoms with E-state index in [1.54, 1.807) is 18.3 Å². The van der Waals surface area contributed by atoms with Gasteiger partial charge in [0.05, 0.1) is 5.56 Å². The molecule has 0 fully saturated rings. The lowest BCUT2D eigenvalue weighted by Crippen LogP contribution is -2.11. The summed E-state index contributed by atoms with van der Waals surface area (Å²) in [5.41, 5.74) is 9.80. The molecule has 0 saturated heterocycles. The van der Waals surface area contributed by atoms with Crippen LogP contribution in [0.2, 0.25) is 0 Å². The zero-order valence-electron chi connectivity index (χ0n) is 11.5. The molecular weight excluding hydrogens is 286 g/mol. The maximum absolute atomic E-state index is 12.3. The Morgan fingerprint density at radius 3 is 2.76 bits per heavy atom. The van der Waals surface area contributed by atoms with E-state index >= 15 is 0 Å². The monoisotopic (exact) mass is 301 g/mol. The number of carbonyl (C=O) groups is 1. The molecule has 3 aromatic rings. The molecular formula is C16H16ClN3O. The minimum absolute atomic E-state index is 0. The number of rotatable bonds is 2. The Labute approximate surface area is 128 Å². The van der Waals surface area contributed by atoms with Gasteiger partial charge in [-0.3, -0.25) is 4.79 Å². The number of aromatic nitrogens is 1. The SMILES string of the molecule is Cc1cccc(NC(=O)c2c[nH]c3ccc(N)cc23)c1.Cl. The van der Waals surface area contributed by atoms with Gasteiger partial charge in [0.15, 0.2) is 0 Å². The molecule has 0 radical (unpaired) electrons. The highest BCUT2D eigenvalue weighted by Gasteiger charge is 2.12.